The molecule has 1 aromatic heterocycles. The molecule has 0 fully saturated rings. The molecule has 154 valence electrons. The molecular formula is C22H18Cl2N2O4. The number of benzene rings is 2. The molecule has 0 aliphatic rings. The van der Waals surface area contributed by atoms with Gasteiger partial charge in [0, 0.05) is 23.3 Å². The second kappa shape index (κ2) is 10.1. The van der Waals surface area contributed by atoms with Gasteiger partial charge < -0.3 is 14.8 Å². The zero-order valence-corrected chi connectivity index (χ0v) is 17.5. The van der Waals surface area contributed by atoms with Crippen molar-refractivity contribution in [1.82, 2.24) is 4.98 Å². The summed E-state index contributed by atoms with van der Waals surface area (Å²) >= 11 is 12.0. The third kappa shape index (κ3) is 5.49. The van der Waals surface area contributed by atoms with Gasteiger partial charge in [0.15, 0.2) is 0 Å². The minimum atomic E-state index is -0.609. The Kier molecular flexibility index (Phi) is 7.27. The Balaban J connectivity index is 1.75. The lowest BCUT2D eigenvalue weighted by atomic mass is 10.1. The molecule has 0 unspecified atom stereocenters. The molecule has 0 saturated carbocycles. The van der Waals surface area contributed by atoms with Crippen LogP contribution in [-0.4, -0.2) is 30.6 Å². The molecule has 0 spiro atoms. The van der Waals surface area contributed by atoms with E-state index in [1.54, 1.807) is 24.4 Å². The third-order valence-corrected chi connectivity index (χ3v) is 4.72. The Hall–Kier alpha value is -3.09. The summed E-state index contributed by atoms with van der Waals surface area (Å²) in [4.78, 5) is 29.1. The quantitative estimate of drug-likeness (QED) is 0.515. The number of hydrogen-bond acceptors (Lipinski definition) is 5. The van der Waals surface area contributed by atoms with Gasteiger partial charge in [-0.1, -0.05) is 29.3 Å². The zero-order chi connectivity index (χ0) is 21.5. The monoisotopic (exact) mass is 444 g/mol. The van der Waals surface area contributed by atoms with Gasteiger partial charge in [0.2, 0.25) is 0 Å². The van der Waals surface area contributed by atoms with Crippen molar-refractivity contribution in [1.29, 1.82) is 0 Å². The normalized spacial score (nSPS) is 10.4. The first kappa shape index (κ1) is 21.6. The molecule has 6 nitrogen and oxygen atoms in total. The highest BCUT2D eigenvalue weighted by Crippen LogP contribution is 2.26. The van der Waals surface area contributed by atoms with E-state index in [0.29, 0.717) is 23.8 Å². The summed E-state index contributed by atoms with van der Waals surface area (Å²) in [6, 6.07) is 14.9. The van der Waals surface area contributed by atoms with Crippen LogP contribution in [0.3, 0.4) is 0 Å². The van der Waals surface area contributed by atoms with Crippen LogP contribution in [0, 0.1) is 0 Å². The second-order valence-electron chi connectivity index (χ2n) is 6.20. The van der Waals surface area contributed by atoms with Gasteiger partial charge >= 0.3 is 5.97 Å². The number of carbonyl (C=O) groups excluding carboxylic acids is 2. The fourth-order valence-corrected chi connectivity index (χ4v) is 3.18. The van der Waals surface area contributed by atoms with Crippen LogP contribution >= 0.6 is 23.2 Å². The molecule has 3 aromatic rings. The van der Waals surface area contributed by atoms with Gasteiger partial charge in [0.1, 0.15) is 5.75 Å². The minimum absolute atomic E-state index is 0.159. The lowest BCUT2D eigenvalue weighted by molar-refractivity contribution is 0.0601. The Morgan fingerprint density at radius 3 is 2.57 bits per heavy atom. The first-order valence-electron chi connectivity index (χ1n) is 8.99. The summed E-state index contributed by atoms with van der Waals surface area (Å²) in [5, 5.41) is 3.30. The first-order valence-corrected chi connectivity index (χ1v) is 9.75. The van der Waals surface area contributed by atoms with Gasteiger partial charge in [-0.15, -0.1) is 0 Å². The van der Waals surface area contributed by atoms with E-state index in [9.17, 15) is 9.59 Å². The molecule has 0 aliphatic carbocycles. The molecule has 2 aromatic carbocycles. The van der Waals surface area contributed by atoms with Crippen LogP contribution in [0.4, 0.5) is 5.69 Å². The fraction of sp³-hybridized carbons (Fsp3) is 0.136. The molecule has 0 aliphatic heterocycles. The van der Waals surface area contributed by atoms with Gasteiger partial charge in [0.05, 0.1) is 35.6 Å². The van der Waals surface area contributed by atoms with Crippen LogP contribution in [-0.2, 0) is 11.2 Å². The fourth-order valence-electron chi connectivity index (χ4n) is 2.68. The Morgan fingerprint density at radius 1 is 1.03 bits per heavy atom. The molecule has 0 saturated heterocycles. The average Bonchev–Trinajstić information content (AvgIpc) is 2.74. The van der Waals surface area contributed by atoms with Crippen molar-refractivity contribution in [2.24, 2.45) is 0 Å². The maximum Gasteiger partial charge on any atom is 0.340 e. The summed E-state index contributed by atoms with van der Waals surface area (Å²) in [6.45, 7) is 0.379. The number of halogens is 2. The van der Waals surface area contributed by atoms with Crippen molar-refractivity contribution in [3.05, 3.63) is 87.7 Å². The van der Waals surface area contributed by atoms with Crippen molar-refractivity contribution >= 4 is 40.8 Å². The minimum Gasteiger partial charge on any atom is -0.493 e. The first-order chi connectivity index (χ1) is 14.5. The number of esters is 1. The van der Waals surface area contributed by atoms with E-state index in [-0.39, 0.29) is 21.8 Å². The molecule has 1 N–H and O–H groups in total. The summed E-state index contributed by atoms with van der Waals surface area (Å²) in [6.07, 6.45) is 2.33. The standard InChI is InChI=1S/C22H18Cl2N2O4/c1-29-22(28)18-13-16(30-11-9-15-4-2-3-10-25-15)6-8-20(18)26-21(27)17-7-5-14(23)12-19(17)24/h2-8,10,12-13H,9,11H2,1H3,(H,26,27). The number of methoxy groups -OCH3 is 1. The summed E-state index contributed by atoms with van der Waals surface area (Å²) in [5.41, 5.74) is 1.56. The number of amides is 1. The summed E-state index contributed by atoms with van der Waals surface area (Å²) in [7, 11) is 1.26. The molecular weight excluding hydrogens is 427 g/mol. The van der Waals surface area contributed by atoms with Gasteiger partial charge in [0.25, 0.3) is 5.91 Å². The number of rotatable bonds is 7. The van der Waals surface area contributed by atoms with Crippen LogP contribution in [0.2, 0.25) is 10.0 Å². The highest BCUT2D eigenvalue weighted by molar-refractivity contribution is 6.37. The molecule has 1 amide bonds. The zero-order valence-electron chi connectivity index (χ0n) is 16.0. The van der Waals surface area contributed by atoms with E-state index in [1.165, 1.54) is 25.3 Å². The van der Waals surface area contributed by atoms with E-state index < -0.39 is 11.9 Å². The predicted molar refractivity (Wildman–Crippen MR) is 116 cm³/mol. The van der Waals surface area contributed by atoms with E-state index in [2.05, 4.69) is 10.3 Å². The SMILES string of the molecule is COC(=O)c1cc(OCCc2ccccn2)ccc1NC(=O)c1ccc(Cl)cc1Cl. The smallest absolute Gasteiger partial charge is 0.340 e. The maximum atomic E-state index is 12.6. The largest absolute Gasteiger partial charge is 0.493 e. The van der Waals surface area contributed by atoms with Crippen LogP contribution in [0.25, 0.3) is 0 Å². The lowest BCUT2D eigenvalue weighted by Crippen LogP contribution is -2.16. The third-order valence-electron chi connectivity index (χ3n) is 4.17. The average molecular weight is 445 g/mol. The number of ether oxygens (including phenoxy) is 2. The summed E-state index contributed by atoms with van der Waals surface area (Å²) < 4.78 is 10.6. The number of anilines is 1. The van der Waals surface area contributed by atoms with Crippen molar-refractivity contribution in [3.8, 4) is 5.75 Å². The Bertz CT molecular complexity index is 1060. The van der Waals surface area contributed by atoms with E-state index in [1.807, 2.05) is 18.2 Å². The van der Waals surface area contributed by atoms with Gasteiger partial charge in [-0.2, -0.15) is 0 Å². The van der Waals surface area contributed by atoms with Crippen molar-refractivity contribution in [2.45, 2.75) is 6.42 Å². The molecule has 0 radical (unpaired) electrons. The number of pyridine rings is 1. The Labute approximate surface area is 183 Å². The Morgan fingerprint density at radius 2 is 1.87 bits per heavy atom. The molecule has 3 rings (SSSR count). The molecule has 1 heterocycles. The van der Waals surface area contributed by atoms with E-state index in [4.69, 9.17) is 32.7 Å². The number of aromatic nitrogens is 1. The van der Waals surface area contributed by atoms with Gasteiger partial charge in [-0.05, 0) is 48.5 Å². The van der Waals surface area contributed by atoms with Crippen molar-refractivity contribution < 1.29 is 19.1 Å². The number of hydrogen-bond donors (Lipinski definition) is 1. The van der Waals surface area contributed by atoms with Crippen molar-refractivity contribution in [2.75, 3.05) is 19.0 Å². The predicted octanol–water partition coefficient (Wildman–Crippen LogP) is 5.05. The van der Waals surface area contributed by atoms with Crippen LogP contribution in [0.5, 0.6) is 5.75 Å². The lowest BCUT2D eigenvalue weighted by Gasteiger charge is -2.13. The molecule has 8 heteroatoms. The van der Waals surface area contributed by atoms with Crippen LogP contribution < -0.4 is 10.1 Å². The van der Waals surface area contributed by atoms with Crippen LogP contribution in [0.15, 0.2) is 60.8 Å². The molecule has 30 heavy (non-hydrogen) atoms. The highest BCUT2D eigenvalue weighted by atomic mass is 35.5. The number of nitrogens with zero attached hydrogens (tertiary/aromatic N) is 1. The van der Waals surface area contributed by atoms with E-state index >= 15 is 0 Å². The number of nitrogens with one attached hydrogen (secondary N) is 1. The summed E-state index contributed by atoms with van der Waals surface area (Å²) in [5.74, 6) is -0.623. The van der Waals surface area contributed by atoms with Crippen molar-refractivity contribution in [3.63, 3.8) is 0 Å². The topological polar surface area (TPSA) is 77.5 Å². The highest BCUT2D eigenvalue weighted by Gasteiger charge is 2.18. The van der Waals surface area contributed by atoms with Gasteiger partial charge in [-0.3, -0.25) is 9.78 Å². The molecule has 0 bridgehead atoms. The van der Waals surface area contributed by atoms with Crippen LogP contribution in [0.1, 0.15) is 26.4 Å². The molecule has 0 atom stereocenters. The second-order valence-corrected chi connectivity index (χ2v) is 7.04. The maximum absolute atomic E-state index is 12.6. The van der Waals surface area contributed by atoms with Gasteiger partial charge in [-0.25, -0.2) is 4.79 Å². The van der Waals surface area contributed by atoms with E-state index in [0.717, 1.165) is 5.69 Å². The number of carbonyl (C=O) groups is 2.